The third-order valence-electron chi connectivity index (χ3n) is 10.8. The van der Waals surface area contributed by atoms with Crippen molar-refractivity contribution in [3.63, 3.8) is 0 Å². The predicted octanol–water partition coefficient (Wildman–Crippen LogP) is 5.31. The summed E-state index contributed by atoms with van der Waals surface area (Å²) in [5.41, 5.74) is 1.22. The molecule has 2 heterocycles. The van der Waals surface area contributed by atoms with Crippen molar-refractivity contribution in [3.8, 4) is 0 Å². The zero-order valence-corrected chi connectivity index (χ0v) is 22.6. The summed E-state index contributed by atoms with van der Waals surface area (Å²) in [7, 11) is 0. The van der Waals surface area contributed by atoms with E-state index in [2.05, 4.69) is 27.7 Å². The number of fused-ring (bicyclic) bond motifs is 5. The molecule has 200 valence electrons. The highest BCUT2D eigenvalue weighted by Gasteiger charge is 2.64. The van der Waals surface area contributed by atoms with Crippen LogP contribution in [0.15, 0.2) is 11.6 Å². The first-order valence-electron chi connectivity index (χ1n) is 13.8. The standard InChI is InChI=1S/C29H42O7/c1-16(30)33-25-18-8-9-23-28(5,13-10-22-27(3,4)11-7-12-29(22,23)6)20(18)15-21(35-25)19-14-24(32)36-26(19)34-17(2)31/h14,18,20-23,25-26H,7-13,15H2,1-6H3/t18-,20+,21+,22?,23?,25+,26?,28-,29-/m0/s1. The third kappa shape index (κ3) is 4.10. The van der Waals surface area contributed by atoms with E-state index in [4.69, 9.17) is 18.9 Å². The quantitative estimate of drug-likeness (QED) is 0.483. The summed E-state index contributed by atoms with van der Waals surface area (Å²) in [6, 6.07) is 0. The average Bonchev–Trinajstić information content (AvgIpc) is 3.11. The molecule has 9 atom stereocenters. The van der Waals surface area contributed by atoms with Crippen LogP contribution >= 0.6 is 0 Å². The molecule has 1 saturated heterocycles. The summed E-state index contributed by atoms with van der Waals surface area (Å²) >= 11 is 0. The second-order valence-electron chi connectivity index (χ2n) is 13.2. The molecule has 36 heavy (non-hydrogen) atoms. The van der Waals surface area contributed by atoms with E-state index in [1.165, 1.54) is 45.6 Å². The minimum Gasteiger partial charge on any atom is -0.436 e. The molecule has 0 N–H and O–H groups in total. The molecule has 0 spiro atoms. The summed E-state index contributed by atoms with van der Waals surface area (Å²) in [4.78, 5) is 35.9. The fourth-order valence-corrected chi connectivity index (χ4v) is 9.55. The topological polar surface area (TPSA) is 88.1 Å². The highest BCUT2D eigenvalue weighted by Crippen LogP contribution is 2.70. The van der Waals surface area contributed by atoms with Gasteiger partial charge in [0.1, 0.15) is 0 Å². The number of ether oxygens (including phenoxy) is 4. The van der Waals surface area contributed by atoms with Gasteiger partial charge in [-0.25, -0.2) is 4.79 Å². The molecule has 0 bridgehead atoms. The normalized spacial score (nSPS) is 45.3. The maximum absolute atomic E-state index is 12.2. The number of carbonyl (C=O) groups excluding carboxylic acids is 3. The molecule has 3 saturated carbocycles. The Bertz CT molecular complexity index is 969. The van der Waals surface area contributed by atoms with E-state index in [0.717, 1.165) is 19.3 Å². The minimum absolute atomic E-state index is 0.0724. The Labute approximate surface area is 214 Å². The molecule has 5 aliphatic rings. The molecule has 0 aromatic heterocycles. The third-order valence-corrected chi connectivity index (χ3v) is 10.8. The van der Waals surface area contributed by atoms with Gasteiger partial charge in [0.05, 0.1) is 6.10 Å². The summed E-state index contributed by atoms with van der Waals surface area (Å²) < 4.78 is 22.7. The Morgan fingerprint density at radius 1 is 0.917 bits per heavy atom. The number of carbonyl (C=O) groups is 3. The molecule has 7 nitrogen and oxygen atoms in total. The Morgan fingerprint density at radius 3 is 2.33 bits per heavy atom. The van der Waals surface area contributed by atoms with Gasteiger partial charge >= 0.3 is 17.9 Å². The lowest BCUT2D eigenvalue weighted by molar-refractivity contribution is -0.270. The zero-order chi connectivity index (χ0) is 26.0. The molecule has 3 aliphatic carbocycles. The zero-order valence-electron chi connectivity index (χ0n) is 22.6. The van der Waals surface area contributed by atoms with Crippen molar-refractivity contribution in [1.82, 2.24) is 0 Å². The van der Waals surface area contributed by atoms with Gasteiger partial charge in [0.15, 0.2) is 0 Å². The number of cyclic esters (lactones) is 1. The van der Waals surface area contributed by atoms with E-state index in [9.17, 15) is 14.4 Å². The van der Waals surface area contributed by atoms with Crippen LogP contribution < -0.4 is 0 Å². The van der Waals surface area contributed by atoms with Gasteiger partial charge in [0, 0.05) is 31.4 Å². The van der Waals surface area contributed by atoms with Crippen LogP contribution in [-0.4, -0.2) is 36.6 Å². The van der Waals surface area contributed by atoms with Crippen LogP contribution in [0.5, 0.6) is 0 Å². The Kier molecular flexibility index (Phi) is 6.33. The van der Waals surface area contributed by atoms with Gasteiger partial charge in [-0.15, -0.1) is 0 Å². The molecule has 4 fully saturated rings. The van der Waals surface area contributed by atoms with E-state index < -0.39 is 30.6 Å². The summed E-state index contributed by atoms with van der Waals surface area (Å²) in [6.07, 6.45) is 8.06. The second-order valence-corrected chi connectivity index (χ2v) is 13.2. The lowest BCUT2D eigenvalue weighted by atomic mass is 9.38. The van der Waals surface area contributed by atoms with Crippen LogP contribution in [0.2, 0.25) is 0 Å². The van der Waals surface area contributed by atoms with Crippen molar-refractivity contribution in [2.24, 2.45) is 39.9 Å². The van der Waals surface area contributed by atoms with Gasteiger partial charge in [0.2, 0.25) is 6.29 Å². The number of esters is 3. The Balaban J connectivity index is 1.49. The fraction of sp³-hybridized carbons (Fsp3) is 0.828. The van der Waals surface area contributed by atoms with Gasteiger partial charge < -0.3 is 18.9 Å². The van der Waals surface area contributed by atoms with Gasteiger partial charge in [-0.2, -0.15) is 0 Å². The molecule has 0 radical (unpaired) electrons. The van der Waals surface area contributed by atoms with Crippen molar-refractivity contribution in [2.75, 3.05) is 0 Å². The summed E-state index contributed by atoms with van der Waals surface area (Å²) in [6.45, 7) is 12.6. The van der Waals surface area contributed by atoms with Gasteiger partial charge in [0.25, 0.3) is 6.29 Å². The maximum atomic E-state index is 12.2. The molecule has 2 aliphatic heterocycles. The van der Waals surface area contributed by atoms with Crippen LogP contribution in [0, 0.1) is 39.9 Å². The van der Waals surface area contributed by atoms with Crippen molar-refractivity contribution < 1.29 is 33.3 Å². The minimum atomic E-state index is -1.09. The van der Waals surface area contributed by atoms with Crippen molar-refractivity contribution in [1.29, 1.82) is 0 Å². The van der Waals surface area contributed by atoms with Crippen molar-refractivity contribution >= 4 is 17.9 Å². The van der Waals surface area contributed by atoms with Crippen LogP contribution in [0.4, 0.5) is 0 Å². The number of rotatable bonds is 3. The fourth-order valence-electron chi connectivity index (χ4n) is 9.55. The van der Waals surface area contributed by atoms with Crippen molar-refractivity contribution in [2.45, 2.75) is 112 Å². The molecule has 5 rings (SSSR count). The van der Waals surface area contributed by atoms with Gasteiger partial charge in [-0.1, -0.05) is 34.1 Å². The smallest absolute Gasteiger partial charge is 0.334 e. The van der Waals surface area contributed by atoms with Crippen LogP contribution in [0.25, 0.3) is 0 Å². The van der Waals surface area contributed by atoms with Crippen LogP contribution in [0.3, 0.4) is 0 Å². The molecule has 3 unspecified atom stereocenters. The van der Waals surface area contributed by atoms with E-state index >= 15 is 0 Å². The summed E-state index contributed by atoms with van der Waals surface area (Å²) in [5, 5.41) is 0. The van der Waals surface area contributed by atoms with Crippen LogP contribution in [0.1, 0.15) is 92.9 Å². The molecule has 0 aromatic carbocycles. The predicted molar refractivity (Wildman–Crippen MR) is 131 cm³/mol. The first kappa shape index (κ1) is 25.7. The largest absolute Gasteiger partial charge is 0.436 e. The number of hydrogen-bond donors (Lipinski definition) is 0. The Morgan fingerprint density at radius 2 is 1.64 bits per heavy atom. The lowest BCUT2D eigenvalue weighted by Crippen LogP contribution is -2.62. The SMILES string of the molecule is CC(=O)OC1OC(=O)C=C1[C@H]1C[C@@H]2[C@H](CCC3[C@@]4(C)CCCC(C)(C)C4CC[C@]32C)[C@H](OC(C)=O)O1. The average molecular weight is 503 g/mol. The molecular formula is C29H42O7. The molecule has 0 aromatic rings. The highest BCUT2D eigenvalue weighted by molar-refractivity contribution is 5.86. The van der Waals surface area contributed by atoms with E-state index in [0.29, 0.717) is 29.2 Å². The second kappa shape index (κ2) is 8.85. The highest BCUT2D eigenvalue weighted by atomic mass is 16.7. The Hall–Kier alpha value is -1.89. The van der Waals surface area contributed by atoms with Gasteiger partial charge in [-0.05, 0) is 78.9 Å². The maximum Gasteiger partial charge on any atom is 0.334 e. The summed E-state index contributed by atoms with van der Waals surface area (Å²) in [5.74, 6) is 0.218. The van der Waals surface area contributed by atoms with Crippen LogP contribution in [-0.2, 0) is 33.3 Å². The van der Waals surface area contributed by atoms with E-state index in [-0.39, 0.29) is 28.6 Å². The molecular weight excluding hydrogens is 460 g/mol. The monoisotopic (exact) mass is 502 g/mol. The molecule has 7 heteroatoms. The first-order chi connectivity index (χ1) is 16.8. The first-order valence-corrected chi connectivity index (χ1v) is 13.8. The number of hydrogen-bond acceptors (Lipinski definition) is 7. The molecule has 0 amide bonds. The lowest BCUT2D eigenvalue weighted by Gasteiger charge is -2.67. The van der Waals surface area contributed by atoms with Gasteiger partial charge in [-0.3, -0.25) is 9.59 Å². The van der Waals surface area contributed by atoms with E-state index in [1.807, 2.05) is 0 Å². The van der Waals surface area contributed by atoms with E-state index in [1.54, 1.807) is 0 Å². The van der Waals surface area contributed by atoms with Crippen molar-refractivity contribution in [3.05, 3.63) is 11.6 Å².